The van der Waals surface area contributed by atoms with Gasteiger partial charge in [0.1, 0.15) is 5.84 Å². The molecule has 1 saturated heterocycles. The molecule has 0 spiro atoms. The molecule has 1 aromatic rings. The lowest BCUT2D eigenvalue weighted by Gasteiger charge is -2.32. The molecule has 0 bridgehead atoms. The van der Waals surface area contributed by atoms with Crippen molar-refractivity contribution in [3.63, 3.8) is 0 Å². The Balaban J connectivity index is 1.61. The van der Waals surface area contributed by atoms with Gasteiger partial charge in [-0.15, -0.1) is 0 Å². The monoisotopic (exact) mass is 433 g/mol. The van der Waals surface area contributed by atoms with Gasteiger partial charge < -0.3 is 19.5 Å². The number of hydrogen-bond acceptors (Lipinski definition) is 4. The molecule has 2 aliphatic heterocycles. The number of nitrogens with zero attached hydrogens (tertiary/aromatic N) is 2. The van der Waals surface area contributed by atoms with Crippen LogP contribution in [-0.4, -0.2) is 45.3 Å². The van der Waals surface area contributed by atoms with Crippen molar-refractivity contribution in [1.82, 2.24) is 5.32 Å². The first kappa shape index (κ1) is 24.2. The second kappa shape index (κ2) is 9.56. The Morgan fingerprint density at radius 3 is 2.31 bits per heavy atom. The predicted molar refractivity (Wildman–Crippen MR) is 135 cm³/mol. The highest BCUT2D eigenvalue weighted by atomic mass is 16.7. The summed E-state index contributed by atoms with van der Waals surface area (Å²) in [4.78, 5) is 6.50. The van der Waals surface area contributed by atoms with Crippen molar-refractivity contribution in [3.05, 3.63) is 53.3 Å². The van der Waals surface area contributed by atoms with Gasteiger partial charge in [-0.1, -0.05) is 24.8 Å². The van der Waals surface area contributed by atoms with E-state index in [0.29, 0.717) is 0 Å². The summed E-state index contributed by atoms with van der Waals surface area (Å²) in [5, 5.41) is 3.43. The molecule has 1 fully saturated rings. The number of hydrogen-bond donors (Lipinski definition) is 1. The summed E-state index contributed by atoms with van der Waals surface area (Å²) in [5.74, 6) is 7.53. The summed E-state index contributed by atoms with van der Waals surface area (Å²) in [7, 11) is 5.61. The lowest BCUT2D eigenvalue weighted by molar-refractivity contribution is 0.00578. The maximum atomic E-state index is 6.21. The fourth-order valence-electron chi connectivity index (χ4n) is 3.63. The van der Waals surface area contributed by atoms with Crippen LogP contribution in [0.3, 0.4) is 0 Å². The minimum Gasteiger partial charge on any atom is -0.403 e. The van der Waals surface area contributed by atoms with E-state index in [0.717, 1.165) is 35.5 Å². The molecule has 2 heterocycles. The molecule has 2 aliphatic rings. The number of amidine groups is 1. The first-order valence-electron chi connectivity index (χ1n) is 11.3. The average molecular weight is 433 g/mol. The first-order valence-corrected chi connectivity index (χ1v) is 11.3. The largest absolute Gasteiger partial charge is 0.464 e. The van der Waals surface area contributed by atoms with Crippen LogP contribution in [0.15, 0.2) is 52.7 Å². The molecule has 32 heavy (non-hydrogen) atoms. The number of allylic oxidation sites excluding steroid dienone is 2. The molecule has 1 unspecified atom stereocenters. The summed E-state index contributed by atoms with van der Waals surface area (Å²) in [6.45, 7) is 10.5. The first-order chi connectivity index (χ1) is 15.0. The van der Waals surface area contributed by atoms with Crippen LogP contribution in [0.25, 0.3) is 0 Å². The quantitative estimate of drug-likeness (QED) is 0.535. The molecule has 0 aromatic heterocycles. The van der Waals surface area contributed by atoms with Gasteiger partial charge in [-0.05, 0) is 64.5 Å². The number of nitrogens with one attached hydrogen (secondary N) is 1. The van der Waals surface area contributed by atoms with Crippen LogP contribution in [0.5, 0.6) is 0 Å². The lowest BCUT2D eigenvalue weighted by Crippen LogP contribution is -2.41. The van der Waals surface area contributed by atoms with E-state index < -0.39 is 0 Å². The molecule has 5 nitrogen and oxygen atoms in total. The zero-order valence-corrected chi connectivity index (χ0v) is 20.7. The van der Waals surface area contributed by atoms with Crippen LogP contribution in [0.1, 0.15) is 53.0 Å². The van der Waals surface area contributed by atoms with E-state index in [2.05, 4.69) is 98.1 Å². The van der Waals surface area contributed by atoms with Crippen LogP contribution >= 0.6 is 0 Å². The van der Waals surface area contributed by atoms with E-state index in [4.69, 9.17) is 9.31 Å². The Morgan fingerprint density at radius 2 is 1.75 bits per heavy atom. The topological polar surface area (TPSA) is 46.1 Å². The van der Waals surface area contributed by atoms with Gasteiger partial charge in [0, 0.05) is 55.9 Å². The molecule has 1 N–H and O–H groups in total. The van der Waals surface area contributed by atoms with Gasteiger partial charge in [0.2, 0.25) is 0 Å². The van der Waals surface area contributed by atoms with E-state index >= 15 is 0 Å². The Morgan fingerprint density at radius 1 is 1.12 bits per heavy atom. The molecule has 6 heteroatoms. The Labute approximate surface area is 194 Å². The molecular formula is C26H36BN3O2. The van der Waals surface area contributed by atoms with Crippen molar-refractivity contribution in [2.75, 3.05) is 26.0 Å². The van der Waals surface area contributed by atoms with E-state index in [1.54, 1.807) is 0 Å². The maximum absolute atomic E-state index is 6.21. The van der Waals surface area contributed by atoms with E-state index in [1.165, 1.54) is 5.69 Å². The molecular weight excluding hydrogens is 397 g/mol. The van der Waals surface area contributed by atoms with E-state index in [1.807, 2.05) is 21.1 Å². The van der Waals surface area contributed by atoms with Crippen molar-refractivity contribution in [3.8, 4) is 11.8 Å². The molecule has 0 radical (unpaired) electrons. The van der Waals surface area contributed by atoms with E-state index in [9.17, 15) is 0 Å². The highest BCUT2D eigenvalue weighted by Crippen LogP contribution is 2.40. The van der Waals surface area contributed by atoms with Gasteiger partial charge in [-0.3, -0.25) is 4.99 Å². The predicted octanol–water partition coefficient (Wildman–Crippen LogP) is 4.81. The van der Waals surface area contributed by atoms with Crippen molar-refractivity contribution < 1.29 is 9.31 Å². The van der Waals surface area contributed by atoms with Gasteiger partial charge >= 0.3 is 7.12 Å². The second-order valence-electron chi connectivity index (χ2n) is 9.72. The van der Waals surface area contributed by atoms with Crippen molar-refractivity contribution >= 4 is 18.6 Å². The van der Waals surface area contributed by atoms with Gasteiger partial charge in [0.25, 0.3) is 0 Å². The lowest BCUT2D eigenvalue weighted by atomic mass is 9.72. The second-order valence-corrected chi connectivity index (χ2v) is 9.72. The smallest absolute Gasteiger partial charge is 0.403 e. The number of anilines is 1. The van der Waals surface area contributed by atoms with Crippen molar-refractivity contribution in [2.24, 2.45) is 4.99 Å². The number of aliphatic imine (C=N–C) groups is 1. The van der Waals surface area contributed by atoms with Crippen molar-refractivity contribution in [2.45, 2.75) is 64.5 Å². The standard InChI is InChI=1S/C26H36BN3O2/c1-19(27-31-25(2,3)26(4,5)32-27)17-21-18-22(29-24(21)28-6)12-10-9-11-20-13-15-23(16-14-20)30(7)8/h13-19H,10,12H2,1-8H3,(H,28,29)/b21-17-. The van der Waals surface area contributed by atoms with Crippen LogP contribution < -0.4 is 10.2 Å². The van der Waals surface area contributed by atoms with E-state index in [-0.39, 0.29) is 24.1 Å². The van der Waals surface area contributed by atoms with Gasteiger partial charge in [-0.25, -0.2) is 0 Å². The van der Waals surface area contributed by atoms with Gasteiger partial charge in [-0.2, -0.15) is 0 Å². The van der Waals surface area contributed by atoms with Crippen molar-refractivity contribution in [1.29, 1.82) is 0 Å². The summed E-state index contributed by atoms with van der Waals surface area (Å²) in [5.41, 5.74) is 3.78. The third-order valence-corrected chi connectivity index (χ3v) is 6.38. The molecule has 1 aromatic carbocycles. The van der Waals surface area contributed by atoms with Crippen LogP contribution in [-0.2, 0) is 9.31 Å². The minimum absolute atomic E-state index is 0.102. The SMILES string of the molecule is CN=C1NC(CCC#Cc2ccc(N(C)C)cc2)=C/C1=C/C(C)B1OC(C)(C)C(C)(C)O1. The molecule has 0 aliphatic carbocycles. The molecule has 0 amide bonds. The summed E-state index contributed by atoms with van der Waals surface area (Å²) in [6, 6.07) is 8.31. The molecule has 170 valence electrons. The number of rotatable bonds is 5. The zero-order chi connectivity index (χ0) is 23.5. The highest BCUT2D eigenvalue weighted by Gasteiger charge is 2.52. The Bertz CT molecular complexity index is 963. The zero-order valence-electron chi connectivity index (χ0n) is 20.7. The van der Waals surface area contributed by atoms with Crippen LogP contribution in [0.2, 0.25) is 5.82 Å². The third-order valence-electron chi connectivity index (χ3n) is 6.38. The third kappa shape index (κ3) is 5.46. The summed E-state index contributed by atoms with van der Waals surface area (Å²) < 4.78 is 12.4. The van der Waals surface area contributed by atoms with Gasteiger partial charge in [0.15, 0.2) is 0 Å². The molecule has 0 saturated carbocycles. The fraction of sp³-hybridized carbons (Fsp3) is 0.500. The molecule has 1 atom stereocenters. The Hall–Kier alpha value is -2.49. The normalized spacial score (nSPS) is 22.4. The summed E-state index contributed by atoms with van der Waals surface area (Å²) in [6.07, 6.45) is 5.98. The highest BCUT2D eigenvalue weighted by molar-refractivity contribution is 6.48. The van der Waals surface area contributed by atoms with Crippen LogP contribution in [0.4, 0.5) is 5.69 Å². The fourth-order valence-corrected chi connectivity index (χ4v) is 3.63. The summed E-state index contributed by atoms with van der Waals surface area (Å²) >= 11 is 0. The minimum atomic E-state index is -0.327. The van der Waals surface area contributed by atoms with Crippen LogP contribution in [0, 0.1) is 11.8 Å². The average Bonchev–Trinajstić information content (AvgIpc) is 3.21. The Kier molecular flexibility index (Phi) is 7.22. The maximum Gasteiger partial charge on any atom is 0.464 e. The number of benzene rings is 1. The molecule has 3 rings (SSSR count). The van der Waals surface area contributed by atoms with Gasteiger partial charge in [0.05, 0.1) is 11.2 Å².